The number of nitrogens with one attached hydrogen (secondary N) is 1. The number of fused-ring (bicyclic) bond motifs is 1. The van der Waals surface area contributed by atoms with Crippen LogP contribution in [0.25, 0.3) is 10.9 Å². The van der Waals surface area contributed by atoms with Crippen molar-refractivity contribution in [3.63, 3.8) is 0 Å². The molecule has 1 aromatic heterocycles. The molecule has 0 saturated heterocycles. The van der Waals surface area contributed by atoms with Crippen molar-refractivity contribution in [2.24, 2.45) is 0 Å². The summed E-state index contributed by atoms with van der Waals surface area (Å²) < 4.78 is 2.03. The standard InChI is InChI=1S/C11H10N2OS/c14-11-10(13-5-6-15-7-13)8-3-1-2-4-9(8)12-11/h1-5,12H,6-7H2. The van der Waals surface area contributed by atoms with Crippen LogP contribution in [-0.2, 0) is 0 Å². The van der Waals surface area contributed by atoms with Crippen LogP contribution in [-0.4, -0.2) is 27.4 Å². The van der Waals surface area contributed by atoms with Gasteiger partial charge in [-0.1, -0.05) is 23.9 Å². The molecule has 76 valence electrons. The summed E-state index contributed by atoms with van der Waals surface area (Å²) in [7, 11) is 0. The summed E-state index contributed by atoms with van der Waals surface area (Å²) in [6.07, 6.45) is 2.07. The average molecular weight is 218 g/mol. The molecule has 0 bridgehead atoms. The lowest BCUT2D eigenvalue weighted by Gasteiger charge is -2.02. The predicted molar refractivity (Wildman–Crippen MR) is 61.1 cm³/mol. The van der Waals surface area contributed by atoms with E-state index >= 15 is 0 Å². The van der Waals surface area contributed by atoms with Crippen molar-refractivity contribution in [2.75, 3.05) is 11.6 Å². The fraction of sp³-hybridized carbons (Fsp3) is 0.182. The Balaban J connectivity index is 2.28. The SMILES string of the molecule is [O-]c1[nH]c2ccccc2c1[N+]1=CCSC1. The molecular weight excluding hydrogens is 208 g/mol. The van der Waals surface area contributed by atoms with E-state index in [9.17, 15) is 5.11 Å². The Hall–Kier alpha value is -1.42. The summed E-state index contributed by atoms with van der Waals surface area (Å²) in [4.78, 5) is 2.88. The summed E-state index contributed by atoms with van der Waals surface area (Å²) >= 11 is 1.82. The molecule has 0 amide bonds. The number of aromatic amines is 1. The van der Waals surface area contributed by atoms with Gasteiger partial charge < -0.3 is 10.1 Å². The van der Waals surface area contributed by atoms with Crippen molar-refractivity contribution in [2.45, 2.75) is 0 Å². The minimum atomic E-state index is 0.00921. The number of hydrogen-bond donors (Lipinski definition) is 1. The monoisotopic (exact) mass is 218 g/mol. The molecule has 0 atom stereocenters. The number of thioether (sulfide) groups is 1. The van der Waals surface area contributed by atoms with Crippen LogP contribution in [0.3, 0.4) is 0 Å². The van der Waals surface area contributed by atoms with Gasteiger partial charge in [0.25, 0.3) is 0 Å². The van der Waals surface area contributed by atoms with Crippen LogP contribution in [0.15, 0.2) is 24.3 Å². The maximum atomic E-state index is 11.8. The molecule has 2 aromatic rings. The van der Waals surface area contributed by atoms with Gasteiger partial charge in [0.15, 0.2) is 12.1 Å². The Labute approximate surface area is 91.4 Å². The van der Waals surface area contributed by atoms with E-state index in [4.69, 9.17) is 0 Å². The van der Waals surface area contributed by atoms with Crippen molar-refractivity contribution in [1.29, 1.82) is 0 Å². The van der Waals surface area contributed by atoms with Gasteiger partial charge in [-0.3, -0.25) is 0 Å². The van der Waals surface area contributed by atoms with Crippen LogP contribution < -0.4 is 5.11 Å². The molecule has 0 unspecified atom stereocenters. The maximum absolute atomic E-state index is 11.8. The Kier molecular flexibility index (Phi) is 1.95. The molecular formula is C11H10N2OS. The molecule has 0 radical (unpaired) electrons. The first kappa shape index (κ1) is 8.85. The lowest BCUT2D eigenvalue weighted by Crippen LogP contribution is -2.02. The molecule has 1 aliphatic heterocycles. The molecule has 1 aliphatic rings. The maximum Gasteiger partial charge on any atom is 0.223 e. The quantitative estimate of drug-likeness (QED) is 0.740. The van der Waals surface area contributed by atoms with Gasteiger partial charge in [-0.05, 0) is 12.1 Å². The van der Waals surface area contributed by atoms with E-state index in [1.165, 1.54) is 0 Å². The first-order valence-electron chi connectivity index (χ1n) is 4.82. The Bertz CT molecular complexity index is 545. The van der Waals surface area contributed by atoms with Crippen molar-refractivity contribution >= 4 is 34.6 Å². The molecule has 0 aliphatic carbocycles. The van der Waals surface area contributed by atoms with E-state index in [2.05, 4.69) is 11.2 Å². The molecule has 15 heavy (non-hydrogen) atoms. The van der Waals surface area contributed by atoms with Gasteiger partial charge in [-0.25, -0.2) is 0 Å². The summed E-state index contributed by atoms with van der Waals surface area (Å²) in [5.41, 5.74) is 1.71. The second-order valence-electron chi connectivity index (χ2n) is 3.50. The summed E-state index contributed by atoms with van der Waals surface area (Å²) in [6.45, 7) is 0. The van der Waals surface area contributed by atoms with Gasteiger partial charge >= 0.3 is 0 Å². The fourth-order valence-electron chi connectivity index (χ4n) is 1.89. The molecule has 4 heteroatoms. The van der Waals surface area contributed by atoms with Gasteiger partial charge in [0, 0.05) is 5.88 Å². The first-order valence-corrected chi connectivity index (χ1v) is 5.97. The zero-order chi connectivity index (χ0) is 10.3. The van der Waals surface area contributed by atoms with Crippen LogP contribution >= 0.6 is 11.8 Å². The Morgan fingerprint density at radius 2 is 2.20 bits per heavy atom. The number of nitrogens with zero attached hydrogens (tertiary/aromatic N) is 1. The number of para-hydroxylation sites is 1. The van der Waals surface area contributed by atoms with Crippen molar-refractivity contribution in [1.82, 2.24) is 4.98 Å². The Morgan fingerprint density at radius 1 is 1.33 bits per heavy atom. The van der Waals surface area contributed by atoms with E-state index in [1.807, 2.05) is 40.6 Å². The largest absolute Gasteiger partial charge is 0.856 e. The highest BCUT2D eigenvalue weighted by atomic mass is 32.2. The van der Waals surface area contributed by atoms with Gasteiger partial charge in [0.2, 0.25) is 5.69 Å². The minimum Gasteiger partial charge on any atom is -0.856 e. The van der Waals surface area contributed by atoms with Crippen molar-refractivity contribution in [3.8, 4) is 5.88 Å². The second kappa shape index (κ2) is 3.31. The molecule has 1 aromatic carbocycles. The number of H-pyrrole nitrogens is 1. The van der Waals surface area contributed by atoms with Crippen molar-refractivity contribution < 1.29 is 9.68 Å². The third-order valence-electron chi connectivity index (χ3n) is 2.58. The molecule has 3 rings (SSSR count). The lowest BCUT2D eigenvalue weighted by atomic mass is 10.2. The van der Waals surface area contributed by atoms with E-state index < -0.39 is 0 Å². The number of hydrogen-bond acceptors (Lipinski definition) is 2. The summed E-state index contributed by atoms with van der Waals surface area (Å²) in [5.74, 6) is 1.87. The highest BCUT2D eigenvalue weighted by molar-refractivity contribution is 7.99. The van der Waals surface area contributed by atoms with Crippen LogP contribution in [0, 0.1) is 0 Å². The van der Waals surface area contributed by atoms with Crippen molar-refractivity contribution in [3.05, 3.63) is 24.3 Å². The van der Waals surface area contributed by atoms with Gasteiger partial charge in [-0.2, -0.15) is 4.58 Å². The van der Waals surface area contributed by atoms with E-state index in [-0.39, 0.29) is 5.88 Å². The van der Waals surface area contributed by atoms with E-state index in [0.717, 1.165) is 28.2 Å². The van der Waals surface area contributed by atoms with E-state index in [1.54, 1.807) is 0 Å². The average Bonchev–Trinajstić information content (AvgIpc) is 2.82. The van der Waals surface area contributed by atoms with Gasteiger partial charge in [0.1, 0.15) is 0 Å². The first-order chi connectivity index (χ1) is 7.36. The molecule has 0 spiro atoms. The van der Waals surface area contributed by atoms with Gasteiger partial charge in [-0.15, -0.1) is 0 Å². The fourth-order valence-corrected chi connectivity index (χ4v) is 2.71. The van der Waals surface area contributed by atoms with Crippen LogP contribution in [0.2, 0.25) is 0 Å². The predicted octanol–water partition coefficient (Wildman–Crippen LogP) is 1.66. The normalized spacial score (nSPS) is 15.9. The van der Waals surface area contributed by atoms with Crippen LogP contribution in [0.1, 0.15) is 0 Å². The molecule has 0 saturated carbocycles. The van der Waals surface area contributed by atoms with Gasteiger partial charge in [0.05, 0.1) is 16.7 Å². The van der Waals surface area contributed by atoms with E-state index in [0.29, 0.717) is 0 Å². The number of benzene rings is 1. The highest BCUT2D eigenvalue weighted by Gasteiger charge is 2.20. The Morgan fingerprint density at radius 3 is 3.00 bits per heavy atom. The molecule has 3 nitrogen and oxygen atoms in total. The smallest absolute Gasteiger partial charge is 0.223 e. The lowest BCUT2D eigenvalue weighted by molar-refractivity contribution is -0.417. The number of aromatic nitrogens is 1. The zero-order valence-electron chi connectivity index (χ0n) is 8.06. The second-order valence-corrected chi connectivity index (χ2v) is 4.50. The minimum absolute atomic E-state index is 0.00921. The molecule has 1 N–H and O–H groups in total. The topological polar surface area (TPSA) is 41.9 Å². The highest BCUT2D eigenvalue weighted by Crippen LogP contribution is 2.34. The summed E-state index contributed by atoms with van der Waals surface area (Å²) in [6, 6.07) is 7.82. The molecule has 0 fully saturated rings. The summed E-state index contributed by atoms with van der Waals surface area (Å²) in [5, 5.41) is 12.8. The number of rotatable bonds is 1. The van der Waals surface area contributed by atoms with Crippen LogP contribution in [0.4, 0.5) is 5.69 Å². The zero-order valence-corrected chi connectivity index (χ0v) is 8.88. The third kappa shape index (κ3) is 1.33. The van der Waals surface area contributed by atoms with Crippen LogP contribution in [0.5, 0.6) is 5.88 Å². The third-order valence-corrected chi connectivity index (χ3v) is 3.42. The molecule has 2 heterocycles.